The van der Waals surface area contributed by atoms with Gasteiger partial charge in [-0.3, -0.25) is 0 Å². The number of alkyl halides is 3. The summed E-state index contributed by atoms with van der Waals surface area (Å²) in [6.45, 7) is 0. The minimum atomic E-state index is -4.48. The Kier molecular flexibility index (Phi) is 8.66. The van der Waals surface area contributed by atoms with Crippen LogP contribution in [-0.2, 0) is 17.2 Å². The molecule has 11 rings (SSSR count). The van der Waals surface area contributed by atoms with E-state index in [1.165, 1.54) is 12.1 Å². The molecule has 2 aliphatic carbocycles. The van der Waals surface area contributed by atoms with E-state index in [0.29, 0.717) is 23.0 Å². The molecular formula is C53H42F3NO5. The van der Waals surface area contributed by atoms with Crippen molar-refractivity contribution in [1.29, 1.82) is 0 Å². The molecule has 310 valence electrons. The first-order chi connectivity index (χ1) is 30.2. The van der Waals surface area contributed by atoms with Crippen LogP contribution in [0.1, 0.15) is 65.5 Å². The quantitative estimate of drug-likeness (QED) is 0.166. The molecule has 0 bridgehead atoms. The van der Waals surface area contributed by atoms with Gasteiger partial charge >= 0.3 is 6.18 Å². The molecule has 0 radical (unpaired) electrons. The normalized spacial score (nSPS) is 17.9. The number of ether oxygens (including phenoxy) is 5. The standard InChI is InChI=1S/C53H42F3NO5/c1-58-36-22-17-33(18-23-36)52(32-15-20-35(21-16-32)57-42-11-5-7-13-44(42)61-45-14-8-6-12-43(45)57)28-25-38-49-48(39-30-46(59-2)47(60-3)31-40(39)50(38)62-52)37-24-19-34(53(54,55)56)29-41(37)51(49)26-9-4-10-27-51/h5-8,11-25,28-31H,4,9-10,26-27H2,1-3H3. The number of nitrogens with zero attached hydrogens (tertiary/aromatic N) is 1. The Labute approximate surface area is 357 Å². The summed E-state index contributed by atoms with van der Waals surface area (Å²) in [7, 11) is 4.84. The van der Waals surface area contributed by atoms with Gasteiger partial charge in [-0.1, -0.05) is 79.9 Å². The van der Waals surface area contributed by atoms with Crippen molar-refractivity contribution in [2.75, 3.05) is 26.2 Å². The molecule has 0 saturated heterocycles. The Balaban J connectivity index is 1.15. The van der Waals surface area contributed by atoms with Gasteiger partial charge in [-0.15, -0.1) is 0 Å². The lowest BCUT2D eigenvalue weighted by Gasteiger charge is -2.41. The smallest absolute Gasteiger partial charge is 0.416 e. The molecule has 0 amide bonds. The van der Waals surface area contributed by atoms with E-state index in [9.17, 15) is 13.2 Å². The molecule has 1 atom stereocenters. The molecule has 2 heterocycles. The van der Waals surface area contributed by atoms with Gasteiger partial charge in [-0.05, 0) is 119 Å². The summed E-state index contributed by atoms with van der Waals surface area (Å²) in [6.07, 6.45) is 4.06. The van der Waals surface area contributed by atoms with Crippen molar-refractivity contribution in [1.82, 2.24) is 0 Å². The topological polar surface area (TPSA) is 49.4 Å². The van der Waals surface area contributed by atoms with Crippen molar-refractivity contribution >= 4 is 33.9 Å². The monoisotopic (exact) mass is 829 g/mol. The van der Waals surface area contributed by atoms with Crippen molar-refractivity contribution in [2.24, 2.45) is 0 Å². The zero-order valence-corrected chi connectivity index (χ0v) is 34.4. The van der Waals surface area contributed by atoms with Gasteiger partial charge < -0.3 is 28.6 Å². The fourth-order valence-corrected chi connectivity index (χ4v) is 10.5. The Morgan fingerprint density at radius 2 is 1.26 bits per heavy atom. The first-order valence-electron chi connectivity index (χ1n) is 20.9. The largest absolute Gasteiger partial charge is 0.497 e. The number of methoxy groups -OCH3 is 3. The number of fused-ring (bicyclic) bond motifs is 12. The third-order valence-corrected chi connectivity index (χ3v) is 13.4. The molecule has 7 aromatic carbocycles. The highest BCUT2D eigenvalue weighted by atomic mass is 19.4. The minimum absolute atomic E-state index is 0.517. The summed E-state index contributed by atoms with van der Waals surface area (Å²) in [6, 6.07) is 40.5. The van der Waals surface area contributed by atoms with Crippen LogP contribution in [0.15, 0.2) is 133 Å². The van der Waals surface area contributed by atoms with Crippen molar-refractivity contribution in [2.45, 2.75) is 49.3 Å². The van der Waals surface area contributed by atoms with Crippen LogP contribution in [0.4, 0.5) is 30.2 Å². The van der Waals surface area contributed by atoms with Gasteiger partial charge in [0.1, 0.15) is 11.5 Å². The number of halogens is 3. The SMILES string of the molecule is COc1ccc(C2(c3ccc(N4c5ccccc5Oc5ccccc54)cc3)C=Cc3c4c(c5cc(OC)c(OC)cc5c3O2)-c2ccc(C(F)(F)F)cc2C42CCCCC2)cc1. The van der Waals surface area contributed by atoms with Crippen LogP contribution in [0.3, 0.4) is 0 Å². The molecule has 62 heavy (non-hydrogen) atoms. The Hall–Kier alpha value is -6.87. The summed E-state index contributed by atoms with van der Waals surface area (Å²) in [5, 5.41) is 1.61. The van der Waals surface area contributed by atoms with Gasteiger partial charge in [0.05, 0.1) is 38.3 Å². The fraction of sp³-hybridized carbons (Fsp3) is 0.208. The third-order valence-electron chi connectivity index (χ3n) is 13.4. The summed E-state index contributed by atoms with van der Waals surface area (Å²) in [5.41, 5.74) is 6.48. The summed E-state index contributed by atoms with van der Waals surface area (Å²) in [4.78, 5) is 2.20. The maximum atomic E-state index is 14.5. The third kappa shape index (κ3) is 5.56. The molecule has 7 aromatic rings. The number of hydrogen-bond acceptors (Lipinski definition) is 6. The predicted octanol–water partition coefficient (Wildman–Crippen LogP) is 14.0. The summed E-state index contributed by atoms with van der Waals surface area (Å²) < 4.78 is 74.8. The average molecular weight is 830 g/mol. The lowest BCUT2D eigenvalue weighted by molar-refractivity contribution is -0.137. The Morgan fingerprint density at radius 3 is 1.87 bits per heavy atom. The first kappa shape index (κ1) is 38.1. The van der Waals surface area contributed by atoms with Crippen LogP contribution >= 0.6 is 0 Å². The Bertz CT molecular complexity index is 2910. The summed E-state index contributed by atoms with van der Waals surface area (Å²) in [5.74, 6) is 3.91. The van der Waals surface area contributed by atoms with Crippen molar-refractivity contribution in [3.63, 3.8) is 0 Å². The van der Waals surface area contributed by atoms with Crippen molar-refractivity contribution < 1.29 is 36.9 Å². The molecule has 1 fully saturated rings. The van der Waals surface area contributed by atoms with Gasteiger partial charge in [0.25, 0.3) is 0 Å². The molecule has 4 aliphatic rings. The van der Waals surface area contributed by atoms with E-state index >= 15 is 0 Å². The fourth-order valence-electron chi connectivity index (χ4n) is 10.5. The minimum Gasteiger partial charge on any atom is -0.497 e. The molecule has 1 spiro atoms. The van der Waals surface area contributed by atoms with Crippen molar-refractivity contribution in [3.8, 4) is 45.6 Å². The average Bonchev–Trinajstić information content (AvgIpc) is 3.58. The van der Waals surface area contributed by atoms with Crippen LogP contribution in [0, 0.1) is 0 Å². The highest BCUT2D eigenvalue weighted by molar-refractivity contribution is 6.10. The second-order valence-corrected chi connectivity index (χ2v) is 16.5. The highest BCUT2D eigenvalue weighted by Crippen LogP contribution is 2.63. The molecule has 9 heteroatoms. The molecular weight excluding hydrogens is 788 g/mol. The lowest BCUT2D eigenvalue weighted by atomic mass is 9.66. The maximum Gasteiger partial charge on any atom is 0.416 e. The van der Waals surface area contributed by atoms with Gasteiger partial charge in [-0.25, -0.2) is 0 Å². The zero-order chi connectivity index (χ0) is 42.4. The second-order valence-electron chi connectivity index (χ2n) is 16.5. The van der Waals surface area contributed by atoms with E-state index < -0.39 is 22.8 Å². The van der Waals surface area contributed by atoms with Crippen LogP contribution in [0.25, 0.3) is 28.0 Å². The molecule has 2 aliphatic heterocycles. The van der Waals surface area contributed by atoms with Crippen LogP contribution in [-0.4, -0.2) is 21.3 Å². The summed E-state index contributed by atoms with van der Waals surface area (Å²) >= 11 is 0. The van der Waals surface area contributed by atoms with Gasteiger partial charge in [0, 0.05) is 33.2 Å². The van der Waals surface area contributed by atoms with Crippen LogP contribution < -0.4 is 28.6 Å². The molecule has 1 unspecified atom stereocenters. The molecule has 6 nitrogen and oxygen atoms in total. The van der Waals surface area contributed by atoms with Gasteiger partial charge in [0.2, 0.25) is 0 Å². The Morgan fingerprint density at radius 1 is 0.645 bits per heavy atom. The second kappa shape index (κ2) is 14.1. The first-order valence-corrected chi connectivity index (χ1v) is 20.9. The molecule has 0 N–H and O–H groups in total. The van der Waals surface area contributed by atoms with E-state index in [1.54, 1.807) is 27.4 Å². The zero-order valence-electron chi connectivity index (χ0n) is 34.4. The van der Waals surface area contributed by atoms with E-state index in [1.807, 2.05) is 72.8 Å². The van der Waals surface area contributed by atoms with Crippen molar-refractivity contribution in [3.05, 3.63) is 167 Å². The predicted molar refractivity (Wildman–Crippen MR) is 236 cm³/mol. The van der Waals surface area contributed by atoms with E-state index in [2.05, 4.69) is 53.5 Å². The highest BCUT2D eigenvalue weighted by Gasteiger charge is 2.50. The molecule has 1 saturated carbocycles. The van der Waals surface area contributed by atoms with Crippen LogP contribution in [0.5, 0.6) is 34.5 Å². The van der Waals surface area contributed by atoms with E-state index in [4.69, 9.17) is 23.7 Å². The van der Waals surface area contributed by atoms with Crippen LogP contribution in [0.2, 0.25) is 0 Å². The van der Waals surface area contributed by atoms with E-state index in [-0.39, 0.29) is 0 Å². The number of benzene rings is 7. The van der Waals surface area contributed by atoms with E-state index in [0.717, 1.165) is 110 Å². The number of hydrogen-bond donors (Lipinski definition) is 0. The van der Waals surface area contributed by atoms with Gasteiger partial charge in [-0.2, -0.15) is 13.2 Å². The number of anilines is 3. The maximum absolute atomic E-state index is 14.5. The number of para-hydroxylation sites is 4. The molecule has 0 aromatic heterocycles. The number of rotatable bonds is 6. The lowest BCUT2D eigenvalue weighted by Crippen LogP contribution is -2.36. The van der Waals surface area contributed by atoms with Gasteiger partial charge in [0.15, 0.2) is 28.6 Å².